The van der Waals surface area contributed by atoms with Crippen LogP contribution in [0.1, 0.15) is 17.3 Å². The van der Waals surface area contributed by atoms with Crippen LogP contribution in [0.5, 0.6) is 0 Å². The molecule has 114 valence electrons. The molecule has 5 heteroatoms. The molecule has 0 aliphatic carbocycles. The standard InChI is InChI=1S/C18H15N3O2/c1-11-8-9-13(21(22)23)10-14(11)18-19-15-6-2-4-12-5-3-7-16(20-18)17(12)15/h2-10,18-20H,1H3. The summed E-state index contributed by atoms with van der Waals surface area (Å²) in [5.74, 6) is 0. The first-order valence-electron chi connectivity index (χ1n) is 7.43. The van der Waals surface area contributed by atoms with Crippen LogP contribution < -0.4 is 10.6 Å². The minimum absolute atomic E-state index is 0.103. The Labute approximate surface area is 133 Å². The van der Waals surface area contributed by atoms with Gasteiger partial charge in [0.15, 0.2) is 0 Å². The molecule has 1 aliphatic heterocycles. The number of nitrogens with zero attached hydrogens (tertiary/aromatic N) is 1. The van der Waals surface area contributed by atoms with Crippen LogP contribution in [0.25, 0.3) is 10.8 Å². The van der Waals surface area contributed by atoms with Crippen LogP contribution in [0.2, 0.25) is 0 Å². The topological polar surface area (TPSA) is 67.2 Å². The van der Waals surface area contributed by atoms with E-state index in [1.54, 1.807) is 12.1 Å². The number of hydrogen-bond acceptors (Lipinski definition) is 4. The van der Waals surface area contributed by atoms with Crippen molar-refractivity contribution in [1.29, 1.82) is 0 Å². The lowest BCUT2D eigenvalue weighted by Gasteiger charge is -2.30. The van der Waals surface area contributed by atoms with E-state index >= 15 is 0 Å². The maximum Gasteiger partial charge on any atom is 0.269 e. The van der Waals surface area contributed by atoms with Gasteiger partial charge in [-0.15, -0.1) is 0 Å². The molecule has 0 saturated carbocycles. The van der Waals surface area contributed by atoms with E-state index in [9.17, 15) is 10.1 Å². The second kappa shape index (κ2) is 4.98. The molecule has 0 fully saturated rings. The molecule has 0 unspecified atom stereocenters. The summed E-state index contributed by atoms with van der Waals surface area (Å²) in [6, 6.07) is 17.2. The second-order valence-corrected chi connectivity index (χ2v) is 5.73. The zero-order valence-corrected chi connectivity index (χ0v) is 12.5. The highest BCUT2D eigenvalue weighted by atomic mass is 16.6. The number of benzene rings is 3. The van der Waals surface area contributed by atoms with Gasteiger partial charge in [0.1, 0.15) is 6.17 Å². The molecule has 2 N–H and O–H groups in total. The van der Waals surface area contributed by atoms with Gasteiger partial charge in [0.05, 0.1) is 4.92 Å². The van der Waals surface area contributed by atoms with Crippen LogP contribution in [0.4, 0.5) is 17.1 Å². The van der Waals surface area contributed by atoms with Gasteiger partial charge in [0, 0.05) is 34.5 Å². The third kappa shape index (κ3) is 2.17. The van der Waals surface area contributed by atoms with Crippen LogP contribution >= 0.6 is 0 Å². The molecule has 23 heavy (non-hydrogen) atoms. The van der Waals surface area contributed by atoms with E-state index in [1.165, 1.54) is 6.07 Å². The quantitative estimate of drug-likeness (QED) is 0.536. The molecular formula is C18H15N3O2. The van der Waals surface area contributed by atoms with Crippen molar-refractivity contribution >= 4 is 27.8 Å². The van der Waals surface area contributed by atoms with Crippen LogP contribution in [0, 0.1) is 17.0 Å². The minimum atomic E-state index is -0.361. The lowest BCUT2D eigenvalue weighted by atomic mass is 9.99. The second-order valence-electron chi connectivity index (χ2n) is 5.73. The van der Waals surface area contributed by atoms with E-state index in [4.69, 9.17) is 0 Å². The number of aryl methyl sites for hydroxylation is 1. The molecule has 0 amide bonds. The van der Waals surface area contributed by atoms with Gasteiger partial charge >= 0.3 is 0 Å². The first kappa shape index (κ1) is 13.6. The molecule has 0 bridgehead atoms. The van der Waals surface area contributed by atoms with Gasteiger partial charge in [-0.25, -0.2) is 0 Å². The van der Waals surface area contributed by atoms with Crippen molar-refractivity contribution in [2.75, 3.05) is 10.6 Å². The highest BCUT2D eigenvalue weighted by molar-refractivity contribution is 6.04. The van der Waals surface area contributed by atoms with Crippen molar-refractivity contribution in [2.24, 2.45) is 0 Å². The lowest BCUT2D eigenvalue weighted by Crippen LogP contribution is -2.24. The molecule has 1 aliphatic rings. The zero-order chi connectivity index (χ0) is 16.0. The van der Waals surface area contributed by atoms with Gasteiger partial charge in [-0.05, 0) is 30.0 Å². The Balaban J connectivity index is 1.82. The maximum atomic E-state index is 11.1. The third-order valence-electron chi connectivity index (χ3n) is 4.29. The Morgan fingerprint density at radius 3 is 2.26 bits per heavy atom. The summed E-state index contributed by atoms with van der Waals surface area (Å²) in [4.78, 5) is 10.7. The van der Waals surface area contributed by atoms with Crippen LogP contribution in [-0.4, -0.2) is 4.92 Å². The smallest absolute Gasteiger partial charge is 0.269 e. The summed E-state index contributed by atoms with van der Waals surface area (Å²) in [5.41, 5.74) is 4.06. The maximum absolute atomic E-state index is 11.1. The molecular weight excluding hydrogens is 290 g/mol. The van der Waals surface area contributed by atoms with Gasteiger partial charge in [-0.2, -0.15) is 0 Å². The van der Waals surface area contributed by atoms with Gasteiger partial charge < -0.3 is 10.6 Å². The van der Waals surface area contributed by atoms with Crippen LogP contribution in [0.3, 0.4) is 0 Å². The summed E-state index contributed by atoms with van der Waals surface area (Å²) >= 11 is 0. The molecule has 0 atom stereocenters. The predicted molar refractivity (Wildman–Crippen MR) is 91.8 cm³/mol. The molecule has 0 saturated heterocycles. The normalized spacial score (nSPS) is 13.4. The molecule has 0 spiro atoms. The predicted octanol–water partition coefficient (Wildman–Crippen LogP) is 4.59. The van der Waals surface area contributed by atoms with E-state index in [-0.39, 0.29) is 16.8 Å². The number of rotatable bonds is 2. The fourth-order valence-corrected chi connectivity index (χ4v) is 3.14. The minimum Gasteiger partial charge on any atom is -0.361 e. The highest BCUT2D eigenvalue weighted by Crippen LogP contribution is 2.39. The number of nitro groups is 1. The largest absolute Gasteiger partial charge is 0.361 e. The third-order valence-corrected chi connectivity index (χ3v) is 4.29. The zero-order valence-electron chi connectivity index (χ0n) is 12.5. The molecule has 0 aromatic heterocycles. The fourth-order valence-electron chi connectivity index (χ4n) is 3.14. The molecule has 5 nitrogen and oxygen atoms in total. The average Bonchev–Trinajstić information content (AvgIpc) is 2.55. The number of nitrogens with one attached hydrogen (secondary N) is 2. The van der Waals surface area contributed by atoms with Crippen molar-refractivity contribution < 1.29 is 4.92 Å². The summed E-state index contributed by atoms with van der Waals surface area (Å²) in [6.07, 6.45) is -0.199. The van der Waals surface area contributed by atoms with Crippen molar-refractivity contribution in [2.45, 2.75) is 13.1 Å². The molecule has 4 rings (SSSR count). The molecule has 0 radical (unpaired) electrons. The Bertz CT molecular complexity index is 896. The van der Waals surface area contributed by atoms with Gasteiger partial charge in [0.25, 0.3) is 5.69 Å². The van der Waals surface area contributed by atoms with E-state index in [0.29, 0.717) is 0 Å². The van der Waals surface area contributed by atoms with Crippen molar-refractivity contribution in [3.8, 4) is 0 Å². The summed E-state index contributed by atoms with van der Waals surface area (Å²) in [5, 5.41) is 20.3. The molecule has 3 aromatic carbocycles. The molecule has 3 aromatic rings. The van der Waals surface area contributed by atoms with Crippen molar-refractivity contribution in [1.82, 2.24) is 0 Å². The number of anilines is 2. The average molecular weight is 305 g/mol. The Kier molecular flexibility index (Phi) is 2.94. The summed E-state index contributed by atoms with van der Waals surface area (Å²) < 4.78 is 0. The van der Waals surface area contributed by atoms with Crippen molar-refractivity contribution in [3.05, 3.63) is 75.8 Å². The van der Waals surface area contributed by atoms with E-state index in [0.717, 1.165) is 33.3 Å². The fraction of sp³-hybridized carbons (Fsp3) is 0.111. The summed E-state index contributed by atoms with van der Waals surface area (Å²) in [7, 11) is 0. The monoisotopic (exact) mass is 305 g/mol. The van der Waals surface area contributed by atoms with E-state index < -0.39 is 0 Å². The van der Waals surface area contributed by atoms with E-state index in [2.05, 4.69) is 22.8 Å². The molecule has 1 heterocycles. The lowest BCUT2D eigenvalue weighted by molar-refractivity contribution is -0.384. The van der Waals surface area contributed by atoms with Gasteiger partial charge in [-0.3, -0.25) is 10.1 Å². The van der Waals surface area contributed by atoms with E-state index in [1.807, 2.05) is 31.2 Å². The van der Waals surface area contributed by atoms with Crippen LogP contribution in [-0.2, 0) is 0 Å². The summed E-state index contributed by atoms with van der Waals surface area (Å²) in [6.45, 7) is 1.96. The number of hydrogen-bond donors (Lipinski definition) is 2. The SMILES string of the molecule is Cc1ccc([N+](=O)[O-])cc1C1Nc2cccc3cccc(c23)N1. The van der Waals surface area contributed by atoms with Crippen LogP contribution in [0.15, 0.2) is 54.6 Å². The first-order valence-corrected chi connectivity index (χ1v) is 7.43. The van der Waals surface area contributed by atoms with Crippen molar-refractivity contribution in [3.63, 3.8) is 0 Å². The van der Waals surface area contributed by atoms with Gasteiger partial charge in [0.2, 0.25) is 0 Å². The first-order chi connectivity index (χ1) is 11.1. The van der Waals surface area contributed by atoms with Gasteiger partial charge in [-0.1, -0.05) is 30.3 Å². The Morgan fingerprint density at radius 2 is 1.65 bits per heavy atom. The number of nitro benzene ring substituents is 1. The Hall–Kier alpha value is -3.08. The number of non-ortho nitro benzene ring substituents is 1. The highest BCUT2D eigenvalue weighted by Gasteiger charge is 2.23. The Morgan fingerprint density at radius 1 is 1.00 bits per heavy atom.